The van der Waals surface area contributed by atoms with Crippen molar-refractivity contribution in [2.45, 2.75) is 26.7 Å². The van der Waals surface area contributed by atoms with E-state index in [1.165, 1.54) is 17.0 Å². The second-order valence-corrected chi connectivity index (χ2v) is 4.70. The normalized spacial score (nSPS) is 10.0. The Balaban J connectivity index is 2.68. The Hall–Kier alpha value is -2.37. The van der Waals surface area contributed by atoms with Crippen LogP contribution in [-0.2, 0) is 9.59 Å². The lowest BCUT2D eigenvalue weighted by Crippen LogP contribution is -2.45. The molecule has 0 unspecified atom stereocenters. The molecule has 0 heterocycles. The van der Waals surface area contributed by atoms with Crippen molar-refractivity contribution in [3.05, 3.63) is 29.8 Å². The van der Waals surface area contributed by atoms with Crippen molar-refractivity contribution in [2.24, 2.45) is 0 Å². The third-order valence-corrected chi connectivity index (χ3v) is 2.87. The van der Waals surface area contributed by atoms with Gasteiger partial charge in [0.25, 0.3) is 5.91 Å². The molecule has 1 rings (SSSR count). The highest BCUT2D eigenvalue weighted by Gasteiger charge is 2.22. The number of carbonyl (C=O) groups excluding carboxylic acids is 3. The van der Waals surface area contributed by atoms with Crippen LogP contribution in [0.4, 0.5) is 5.69 Å². The molecule has 0 saturated heterocycles. The van der Waals surface area contributed by atoms with Gasteiger partial charge in [-0.15, -0.1) is 0 Å². The van der Waals surface area contributed by atoms with E-state index in [1.807, 2.05) is 13.8 Å². The molecule has 0 spiro atoms. The lowest BCUT2D eigenvalue weighted by molar-refractivity contribution is -0.145. The van der Waals surface area contributed by atoms with Crippen LogP contribution in [0.1, 0.15) is 37.0 Å². The van der Waals surface area contributed by atoms with E-state index < -0.39 is 17.7 Å². The Morgan fingerprint density at radius 1 is 1.05 bits per heavy atom. The van der Waals surface area contributed by atoms with Gasteiger partial charge < -0.3 is 10.6 Å². The number of nitrogens with two attached hydrogens (primary N) is 1. The van der Waals surface area contributed by atoms with Crippen molar-refractivity contribution in [1.29, 1.82) is 0 Å². The number of hydrogen-bond acceptors (Lipinski definition) is 4. The maximum atomic E-state index is 12.0. The zero-order chi connectivity index (χ0) is 15.8. The lowest BCUT2D eigenvalue weighted by Gasteiger charge is -2.20. The first kappa shape index (κ1) is 16.7. The molecule has 0 saturated carbocycles. The number of hydrogen-bond donors (Lipinski definition) is 2. The number of benzene rings is 1. The fourth-order valence-corrected chi connectivity index (χ4v) is 1.86. The van der Waals surface area contributed by atoms with Gasteiger partial charge >= 0.3 is 11.8 Å². The van der Waals surface area contributed by atoms with Gasteiger partial charge in [-0.3, -0.25) is 19.7 Å². The molecule has 0 aliphatic carbocycles. The van der Waals surface area contributed by atoms with Gasteiger partial charge in [0.15, 0.2) is 0 Å². The van der Waals surface area contributed by atoms with Crippen LogP contribution in [-0.4, -0.2) is 35.7 Å². The van der Waals surface area contributed by atoms with Crippen LogP contribution < -0.4 is 11.1 Å². The molecule has 0 aliphatic rings. The van der Waals surface area contributed by atoms with E-state index >= 15 is 0 Å². The van der Waals surface area contributed by atoms with Gasteiger partial charge in [0.1, 0.15) is 0 Å². The minimum Gasteiger partial charge on any atom is -0.399 e. The van der Waals surface area contributed by atoms with E-state index in [0.717, 1.165) is 12.8 Å². The van der Waals surface area contributed by atoms with Crippen molar-refractivity contribution in [1.82, 2.24) is 10.2 Å². The van der Waals surface area contributed by atoms with E-state index in [-0.39, 0.29) is 5.56 Å². The van der Waals surface area contributed by atoms with E-state index in [4.69, 9.17) is 5.73 Å². The standard InChI is InChI=1S/C15H21N3O3/c1-3-9-18(10-4-2)15(21)14(20)17-13(19)11-5-7-12(16)8-6-11/h5-8H,3-4,9-10,16H2,1-2H3,(H,17,19,20). The molecule has 1 aromatic carbocycles. The number of imide groups is 1. The zero-order valence-corrected chi connectivity index (χ0v) is 12.4. The van der Waals surface area contributed by atoms with Gasteiger partial charge in [-0.1, -0.05) is 13.8 Å². The van der Waals surface area contributed by atoms with Gasteiger partial charge in [0.05, 0.1) is 0 Å². The molecule has 6 nitrogen and oxygen atoms in total. The summed E-state index contributed by atoms with van der Waals surface area (Å²) in [5.74, 6) is -2.19. The molecule has 114 valence electrons. The molecule has 1 aromatic rings. The molecule has 0 bridgehead atoms. The number of anilines is 1. The first-order chi connectivity index (χ1) is 9.99. The minimum atomic E-state index is -0.904. The van der Waals surface area contributed by atoms with E-state index in [2.05, 4.69) is 5.32 Å². The van der Waals surface area contributed by atoms with Gasteiger partial charge in [-0.2, -0.15) is 0 Å². The fourth-order valence-electron chi connectivity index (χ4n) is 1.86. The Bertz CT molecular complexity index is 505. The van der Waals surface area contributed by atoms with Crippen molar-refractivity contribution in [3.63, 3.8) is 0 Å². The van der Waals surface area contributed by atoms with Crippen LogP contribution in [0.5, 0.6) is 0 Å². The topological polar surface area (TPSA) is 92.5 Å². The predicted molar refractivity (Wildman–Crippen MR) is 80.5 cm³/mol. The number of rotatable bonds is 5. The highest BCUT2D eigenvalue weighted by Crippen LogP contribution is 2.05. The first-order valence-corrected chi connectivity index (χ1v) is 6.99. The Morgan fingerprint density at radius 2 is 1.57 bits per heavy atom. The summed E-state index contributed by atoms with van der Waals surface area (Å²) in [6.07, 6.45) is 1.51. The molecule has 0 radical (unpaired) electrons. The zero-order valence-electron chi connectivity index (χ0n) is 12.4. The number of nitrogens with one attached hydrogen (secondary N) is 1. The molecule has 0 atom stereocenters. The second kappa shape index (κ2) is 8.04. The number of amides is 3. The van der Waals surface area contributed by atoms with E-state index in [9.17, 15) is 14.4 Å². The highest BCUT2D eigenvalue weighted by atomic mass is 16.2. The van der Waals surface area contributed by atoms with Crippen LogP contribution in [0.2, 0.25) is 0 Å². The van der Waals surface area contributed by atoms with Crippen molar-refractivity contribution < 1.29 is 14.4 Å². The molecular weight excluding hydrogens is 270 g/mol. The summed E-state index contributed by atoms with van der Waals surface area (Å²) in [6.45, 7) is 4.84. The van der Waals surface area contributed by atoms with Crippen LogP contribution in [0.15, 0.2) is 24.3 Å². The SMILES string of the molecule is CCCN(CCC)C(=O)C(=O)NC(=O)c1ccc(N)cc1. The minimum absolute atomic E-state index is 0.280. The molecular formula is C15H21N3O3. The van der Waals surface area contributed by atoms with Crippen LogP contribution >= 0.6 is 0 Å². The number of nitrogen functional groups attached to an aromatic ring is 1. The van der Waals surface area contributed by atoms with Crippen molar-refractivity contribution in [2.75, 3.05) is 18.8 Å². The average molecular weight is 291 g/mol. The highest BCUT2D eigenvalue weighted by molar-refractivity contribution is 6.38. The van der Waals surface area contributed by atoms with E-state index in [1.54, 1.807) is 12.1 Å². The average Bonchev–Trinajstić information content (AvgIpc) is 2.46. The van der Waals surface area contributed by atoms with Crippen LogP contribution in [0, 0.1) is 0 Å². The molecule has 21 heavy (non-hydrogen) atoms. The van der Waals surface area contributed by atoms with Crippen molar-refractivity contribution >= 4 is 23.4 Å². The van der Waals surface area contributed by atoms with Crippen LogP contribution in [0.3, 0.4) is 0 Å². The quantitative estimate of drug-likeness (QED) is 0.629. The lowest BCUT2D eigenvalue weighted by atomic mass is 10.2. The molecule has 6 heteroatoms. The summed E-state index contributed by atoms with van der Waals surface area (Å²) < 4.78 is 0. The Morgan fingerprint density at radius 3 is 2.05 bits per heavy atom. The maximum Gasteiger partial charge on any atom is 0.316 e. The smallest absolute Gasteiger partial charge is 0.316 e. The molecule has 0 fully saturated rings. The summed E-state index contributed by atoms with van der Waals surface area (Å²) in [7, 11) is 0. The summed E-state index contributed by atoms with van der Waals surface area (Å²) in [5, 5.41) is 2.10. The fraction of sp³-hybridized carbons (Fsp3) is 0.400. The van der Waals surface area contributed by atoms with E-state index in [0.29, 0.717) is 18.8 Å². The van der Waals surface area contributed by atoms with Gasteiger partial charge in [0, 0.05) is 24.3 Å². The van der Waals surface area contributed by atoms with Gasteiger partial charge in [-0.05, 0) is 37.1 Å². The Labute approximate surface area is 124 Å². The molecule has 0 aromatic heterocycles. The second-order valence-electron chi connectivity index (χ2n) is 4.70. The summed E-state index contributed by atoms with van der Waals surface area (Å²) >= 11 is 0. The molecule has 0 aliphatic heterocycles. The Kier molecular flexibility index (Phi) is 6.39. The summed E-state index contributed by atoms with van der Waals surface area (Å²) in [5.41, 5.74) is 6.32. The summed E-state index contributed by atoms with van der Waals surface area (Å²) in [6, 6.07) is 6.11. The maximum absolute atomic E-state index is 12.0. The first-order valence-electron chi connectivity index (χ1n) is 6.99. The largest absolute Gasteiger partial charge is 0.399 e. The van der Waals surface area contributed by atoms with Crippen LogP contribution in [0.25, 0.3) is 0 Å². The van der Waals surface area contributed by atoms with Gasteiger partial charge in [-0.25, -0.2) is 0 Å². The molecule has 3 amide bonds. The number of carbonyl (C=O) groups is 3. The predicted octanol–water partition coefficient (Wildman–Crippen LogP) is 1.17. The van der Waals surface area contributed by atoms with Crippen molar-refractivity contribution in [3.8, 4) is 0 Å². The third kappa shape index (κ3) is 4.91. The third-order valence-electron chi connectivity index (χ3n) is 2.87. The van der Waals surface area contributed by atoms with Gasteiger partial charge in [0.2, 0.25) is 0 Å². The monoisotopic (exact) mass is 291 g/mol. The number of nitrogens with zero attached hydrogens (tertiary/aromatic N) is 1. The molecule has 3 N–H and O–H groups in total. The summed E-state index contributed by atoms with van der Waals surface area (Å²) in [4.78, 5) is 37.1.